The third kappa shape index (κ3) is 3.34. The highest BCUT2D eigenvalue weighted by molar-refractivity contribution is 7.98. The van der Waals surface area contributed by atoms with Gasteiger partial charge in [0.1, 0.15) is 5.82 Å². The normalized spacial score (nSPS) is 10.6. The highest BCUT2D eigenvalue weighted by atomic mass is 32.2. The summed E-state index contributed by atoms with van der Waals surface area (Å²) in [7, 11) is 0. The molecule has 0 aliphatic carbocycles. The molecule has 2 N–H and O–H groups in total. The fourth-order valence-electron chi connectivity index (χ4n) is 1.72. The Morgan fingerprint density at radius 2 is 1.78 bits per heavy atom. The van der Waals surface area contributed by atoms with Crippen molar-refractivity contribution in [3.05, 3.63) is 65.0 Å². The molecule has 0 aromatic heterocycles. The summed E-state index contributed by atoms with van der Waals surface area (Å²) < 4.78 is 13.2. The van der Waals surface area contributed by atoms with Crippen LogP contribution in [-0.2, 0) is 12.3 Å². The van der Waals surface area contributed by atoms with Crippen LogP contribution in [0.5, 0.6) is 0 Å². The van der Waals surface area contributed by atoms with Gasteiger partial charge in [0.15, 0.2) is 0 Å². The maximum Gasteiger partial charge on any atom is 0.123 e. The van der Waals surface area contributed by atoms with E-state index in [-0.39, 0.29) is 5.82 Å². The van der Waals surface area contributed by atoms with Crippen LogP contribution >= 0.6 is 11.8 Å². The highest BCUT2D eigenvalue weighted by Gasteiger charge is 2.04. The minimum atomic E-state index is -0.202. The maximum atomic E-state index is 13.2. The van der Waals surface area contributed by atoms with Gasteiger partial charge in [0.25, 0.3) is 0 Å². The Bertz CT molecular complexity index is 523. The summed E-state index contributed by atoms with van der Waals surface area (Å²) in [6, 6.07) is 13.1. The molecule has 0 fully saturated rings. The van der Waals surface area contributed by atoms with Crippen LogP contribution in [0.15, 0.2) is 47.4 Å². The Morgan fingerprint density at radius 1 is 1.06 bits per heavy atom. The largest absolute Gasteiger partial charge is 0.326 e. The van der Waals surface area contributed by atoms with Gasteiger partial charge in [-0.25, -0.2) is 4.39 Å². The predicted molar refractivity (Wildman–Crippen MR) is 75.0 cm³/mol. The Hall–Kier alpha value is -1.32. The van der Waals surface area contributed by atoms with Crippen molar-refractivity contribution >= 4 is 11.8 Å². The third-order valence-corrected chi connectivity index (χ3v) is 3.86. The fraction of sp³-hybridized carbons (Fsp3) is 0.200. The molecule has 18 heavy (non-hydrogen) atoms. The monoisotopic (exact) mass is 261 g/mol. The molecule has 0 aliphatic rings. The minimum Gasteiger partial charge on any atom is -0.326 e. The zero-order valence-electron chi connectivity index (χ0n) is 10.3. The lowest BCUT2D eigenvalue weighted by atomic mass is 10.1. The van der Waals surface area contributed by atoms with Crippen LogP contribution in [0.4, 0.5) is 4.39 Å². The van der Waals surface area contributed by atoms with Crippen molar-refractivity contribution in [2.45, 2.75) is 24.1 Å². The molecular weight excluding hydrogens is 245 g/mol. The maximum absolute atomic E-state index is 13.2. The van der Waals surface area contributed by atoms with Crippen molar-refractivity contribution < 1.29 is 4.39 Å². The van der Waals surface area contributed by atoms with E-state index in [0.29, 0.717) is 6.54 Å². The first-order chi connectivity index (χ1) is 8.69. The lowest BCUT2D eigenvalue weighted by Gasteiger charge is -2.08. The molecular formula is C15H16FNS. The van der Waals surface area contributed by atoms with Crippen LogP contribution in [0.25, 0.3) is 0 Å². The number of hydrogen-bond donors (Lipinski definition) is 1. The van der Waals surface area contributed by atoms with E-state index in [1.165, 1.54) is 16.5 Å². The van der Waals surface area contributed by atoms with Gasteiger partial charge in [-0.2, -0.15) is 0 Å². The third-order valence-electron chi connectivity index (χ3n) is 2.80. The summed E-state index contributed by atoms with van der Waals surface area (Å²) in [6.45, 7) is 2.51. The minimum absolute atomic E-state index is 0.202. The molecule has 2 rings (SSSR count). The van der Waals surface area contributed by atoms with E-state index in [1.54, 1.807) is 23.9 Å². The van der Waals surface area contributed by atoms with Crippen LogP contribution in [0.2, 0.25) is 0 Å². The standard InChI is InChI=1S/C15H16FNS/c1-11-2-6-15(7-3-11)18-10-13-8-14(16)5-4-12(13)9-17/h2-8H,9-10,17H2,1H3. The fourth-order valence-corrected chi connectivity index (χ4v) is 2.64. The molecule has 2 aromatic carbocycles. The number of thioether (sulfide) groups is 1. The quantitative estimate of drug-likeness (QED) is 0.845. The van der Waals surface area contributed by atoms with Crippen molar-refractivity contribution in [3.8, 4) is 0 Å². The van der Waals surface area contributed by atoms with Crippen molar-refractivity contribution in [3.63, 3.8) is 0 Å². The van der Waals surface area contributed by atoms with Gasteiger partial charge in [-0.15, -0.1) is 11.8 Å². The Kier molecular flexibility index (Phi) is 4.39. The lowest BCUT2D eigenvalue weighted by molar-refractivity contribution is 0.625. The van der Waals surface area contributed by atoms with E-state index in [4.69, 9.17) is 5.73 Å². The van der Waals surface area contributed by atoms with Gasteiger partial charge < -0.3 is 5.73 Å². The molecule has 0 heterocycles. The van der Waals surface area contributed by atoms with E-state index in [0.717, 1.165) is 16.9 Å². The predicted octanol–water partition coefficient (Wildman–Crippen LogP) is 3.89. The molecule has 0 atom stereocenters. The molecule has 0 saturated heterocycles. The summed E-state index contributed by atoms with van der Waals surface area (Å²) >= 11 is 1.70. The summed E-state index contributed by atoms with van der Waals surface area (Å²) in [6.07, 6.45) is 0. The summed E-state index contributed by atoms with van der Waals surface area (Å²) in [5, 5.41) is 0. The second kappa shape index (κ2) is 6.03. The van der Waals surface area contributed by atoms with Crippen molar-refractivity contribution in [2.75, 3.05) is 0 Å². The van der Waals surface area contributed by atoms with Gasteiger partial charge in [-0.05, 0) is 42.3 Å². The molecule has 2 aromatic rings. The van der Waals surface area contributed by atoms with Crippen LogP contribution in [0.1, 0.15) is 16.7 Å². The SMILES string of the molecule is Cc1ccc(SCc2cc(F)ccc2CN)cc1. The van der Waals surface area contributed by atoms with Crippen LogP contribution in [0.3, 0.4) is 0 Å². The first-order valence-corrected chi connectivity index (χ1v) is 6.84. The smallest absolute Gasteiger partial charge is 0.123 e. The molecule has 0 aliphatic heterocycles. The molecule has 0 unspecified atom stereocenters. The zero-order valence-corrected chi connectivity index (χ0v) is 11.1. The number of aryl methyl sites for hydroxylation is 1. The van der Waals surface area contributed by atoms with E-state index in [1.807, 2.05) is 0 Å². The number of benzene rings is 2. The molecule has 0 radical (unpaired) electrons. The number of halogens is 1. The topological polar surface area (TPSA) is 26.0 Å². The lowest BCUT2D eigenvalue weighted by Crippen LogP contribution is -2.01. The van der Waals surface area contributed by atoms with Crippen LogP contribution < -0.4 is 5.73 Å². The van der Waals surface area contributed by atoms with E-state index in [2.05, 4.69) is 31.2 Å². The zero-order chi connectivity index (χ0) is 13.0. The molecule has 0 amide bonds. The molecule has 94 valence electrons. The molecule has 0 bridgehead atoms. The van der Waals surface area contributed by atoms with Crippen LogP contribution in [-0.4, -0.2) is 0 Å². The average Bonchev–Trinajstić information content (AvgIpc) is 2.38. The Morgan fingerprint density at radius 3 is 2.44 bits per heavy atom. The summed E-state index contributed by atoms with van der Waals surface area (Å²) in [5.74, 6) is 0.541. The van der Waals surface area contributed by atoms with Gasteiger partial charge in [0.2, 0.25) is 0 Å². The highest BCUT2D eigenvalue weighted by Crippen LogP contribution is 2.25. The average molecular weight is 261 g/mol. The van der Waals surface area contributed by atoms with E-state index >= 15 is 0 Å². The summed E-state index contributed by atoms with van der Waals surface area (Å²) in [5.41, 5.74) is 8.89. The first kappa shape index (κ1) is 13.1. The van der Waals surface area contributed by atoms with Crippen LogP contribution in [0, 0.1) is 12.7 Å². The van der Waals surface area contributed by atoms with Crippen molar-refractivity contribution in [2.24, 2.45) is 5.73 Å². The molecule has 0 spiro atoms. The van der Waals surface area contributed by atoms with E-state index < -0.39 is 0 Å². The van der Waals surface area contributed by atoms with E-state index in [9.17, 15) is 4.39 Å². The number of rotatable bonds is 4. The van der Waals surface area contributed by atoms with Crippen molar-refractivity contribution in [1.29, 1.82) is 0 Å². The van der Waals surface area contributed by atoms with Gasteiger partial charge in [-0.3, -0.25) is 0 Å². The van der Waals surface area contributed by atoms with Gasteiger partial charge in [0, 0.05) is 17.2 Å². The summed E-state index contributed by atoms with van der Waals surface area (Å²) in [4.78, 5) is 1.19. The van der Waals surface area contributed by atoms with Gasteiger partial charge in [-0.1, -0.05) is 23.8 Å². The number of nitrogens with two attached hydrogens (primary N) is 1. The second-order valence-corrected chi connectivity index (χ2v) is 5.27. The molecule has 1 nitrogen and oxygen atoms in total. The molecule has 3 heteroatoms. The number of hydrogen-bond acceptors (Lipinski definition) is 2. The molecule has 0 saturated carbocycles. The Balaban J connectivity index is 2.09. The first-order valence-electron chi connectivity index (χ1n) is 5.86. The Labute approximate surface area is 111 Å². The second-order valence-electron chi connectivity index (χ2n) is 4.22. The van der Waals surface area contributed by atoms with Crippen molar-refractivity contribution in [1.82, 2.24) is 0 Å². The van der Waals surface area contributed by atoms with Gasteiger partial charge >= 0.3 is 0 Å². The van der Waals surface area contributed by atoms with Gasteiger partial charge in [0.05, 0.1) is 0 Å².